The van der Waals surface area contributed by atoms with Crippen molar-refractivity contribution in [3.05, 3.63) is 30.2 Å². The monoisotopic (exact) mass is 213 g/mol. The third kappa shape index (κ3) is 1.43. The molecule has 78 valence electrons. The zero-order valence-corrected chi connectivity index (χ0v) is 7.28. The summed E-state index contributed by atoms with van der Waals surface area (Å²) >= 11 is 0. The van der Waals surface area contributed by atoms with Crippen LogP contribution in [0.2, 0.25) is 0 Å². The van der Waals surface area contributed by atoms with Gasteiger partial charge in [0.05, 0.1) is 0 Å². The SMILES string of the molecule is O=C(O)C(F)(F)c1ccc2ncoc2c1. The van der Waals surface area contributed by atoms with Gasteiger partial charge in [0.15, 0.2) is 12.0 Å². The van der Waals surface area contributed by atoms with E-state index >= 15 is 0 Å². The van der Waals surface area contributed by atoms with Crippen LogP contribution < -0.4 is 0 Å². The van der Waals surface area contributed by atoms with E-state index in [9.17, 15) is 13.6 Å². The minimum absolute atomic E-state index is 0.133. The number of rotatable bonds is 2. The van der Waals surface area contributed by atoms with Gasteiger partial charge < -0.3 is 9.52 Å². The fraction of sp³-hybridized carbons (Fsp3) is 0.111. The Morgan fingerprint density at radius 2 is 2.20 bits per heavy atom. The number of oxazole rings is 1. The Balaban J connectivity index is 2.57. The number of halogens is 2. The molecule has 6 heteroatoms. The van der Waals surface area contributed by atoms with E-state index in [-0.39, 0.29) is 5.58 Å². The van der Waals surface area contributed by atoms with E-state index in [4.69, 9.17) is 9.52 Å². The fourth-order valence-corrected chi connectivity index (χ4v) is 1.17. The molecule has 0 unspecified atom stereocenters. The lowest BCUT2D eigenvalue weighted by atomic mass is 10.1. The van der Waals surface area contributed by atoms with Crippen molar-refractivity contribution < 1.29 is 23.1 Å². The van der Waals surface area contributed by atoms with Crippen LogP contribution in [0.4, 0.5) is 8.78 Å². The molecule has 0 radical (unpaired) electrons. The van der Waals surface area contributed by atoms with E-state index in [1.54, 1.807) is 0 Å². The first-order valence-corrected chi connectivity index (χ1v) is 3.97. The van der Waals surface area contributed by atoms with Gasteiger partial charge >= 0.3 is 11.9 Å². The van der Waals surface area contributed by atoms with Crippen molar-refractivity contribution >= 4 is 17.1 Å². The summed E-state index contributed by atoms with van der Waals surface area (Å²) in [6.45, 7) is 0. The largest absolute Gasteiger partial charge is 0.477 e. The quantitative estimate of drug-likeness (QED) is 0.828. The number of alkyl halides is 2. The molecule has 0 aliphatic carbocycles. The second kappa shape index (κ2) is 3.01. The van der Waals surface area contributed by atoms with Gasteiger partial charge in [-0.05, 0) is 18.2 Å². The summed E-state index contributed by atoms with van der Waals surface area (Å²) < 4.78 is 30.9. The zero-order valence-electron chi connectivity index (χ0n) is 7.28. The van der Waals surface area contributed by atoms with Crippen molar-refractivity contribution in [1.82, 2.24) is 4.98 Å². The highest BCUT2D eigenvalue weighted by molar-refractivity contribution is 5.80. The van der Waals surface area contributed by atoms with Crippen LogP contribution in [0.25, 0.3) is 11.1 Å². The van der Waals surface area contributed by atoms with Crippen molar-refractivity contribution in [1.29, 1.82) is 0 Å². The van der Waals surface area contributed by atoms with Gasteiger partial charge in [0.1, 0.15) is 5.52 Å². The van der Waals surface area contributed by atoms with Crippen LogP contribution in [0.5, 0.6) is 0 Å². The first-order valence-electron chi connectivity index (χ1n) is 3.97. The van der Waals surface area contributed by atoms with Gasteiger partial charge in [-0.2, -0.15) is 8.78 Å². The average Bonchev–Trinajstić information content (AvgIpc) is 2.63. The molecule has 0 spiro atoms. The summed E-state index contributed by atoms with van der Waals surface area (Å²) in [6, 6.07) is 3.26. The van der Waals surface area contributed by atoms with Gasteiger partial charge in [-0.25, -0.2) is 9.78 Å². The molecule has 0 saturated heterocycles. The van der Waals surface area contributed by atoms with Crippen molar-refractivity contribution in [3.8, 4) is 0 Å². The molecule has 1 heterocycles. The lowest BCUT2D eigenvalue weighted by molar-refractivity contribution is -0.166. The predicted molar refractivity (Wildman–Crippen MR) is 45.5 cm³/mol. The molecular formula is C9H5F2NO3. The number of hydrogen-bond acceptors (Lipinski definition) is 3. The normalized spacial score (nSPS) is 11.9. The Bertz CT molecular complexity index is 521. The second-order valence-corrected chi connectivity index (χ2v) is 2.91. The summed E-state index contributed by atoms with van der Waals surface area (Å²) in [5.74, 6) is -6.11. The maximum Gasteiger partial charge on any atom is 0.379 e. The number of carboxylic acids is 1. The number of aliphatic carboxylic acids is 1. The van der Waals surface area contributed by atoms with Crippen LogP contribution in [0, 0.1) is 0 Å². The average molecular weight is 213 g/mol. The Kier molecular flexibility index (Phi) is 1.92. The molecule has 15 heavy (non-hydrogen) atoms. The fourth-order valence-electron chi connectivity index (χ4n) is 1.17. The first kappa shape index (κ1) is 9.57. The molecule has 1 N–H and O–H groups in total. The molecule has 0 saturated carbocycles. The van der Waals surface area contributed by atoms with E-state index in [1.807, 2.05) is 0 Å². The lowest BCUT2D eigenvalue weighted by Crippen LogP contribution is -2.25. The maximum absolute atomic E-state index is 13.1. The van der Waals surface area contributed by atoms with Gasteiger partial charge in [-0.1, -0.05) is 0 Å². The summed E-state index contributed by atoms with van der Waals surface area (Å²) in [7, 11) is 0. The number of fused-ring (bicyclic) bond motifs is 1. The van der Waals surface area contributed by atoms with Crippen LogP contribution in [0.3, 0.4) is 0 Å². The highest BCUT2D eigenvalue weighted by atomic mass is 19.3. The van der Waals surface area contributed by atoms with Crippen LogP contribution in [0.15, 0.2) is 29.0 Å². The minimum atomic E-state index is -3.92. The Labute approximate surface area is 82.1 Å². The summed E-state index contributed by atoms with van der Waals surface area (Å²) in [5.41, 5.74) is -0.0902. The van der Waals surface area contributed by atoms with Crippen LogP contribution in [-0.4, -0.2) is 16.1 Å². The zero-order chi connectivity index (χ0) is 11.1. The molecule has 1 aromatic carbocycles. The van der Waals surface area contributed by atoms with Gasteiger partial charge in [0, 0.05) is 5.56 Å². The topological polar surface area (TPSA) is 63.3 Å². The molecular weight excluding hydrogens is 208 g/mol. The first-order chi connectivity index (χ1) is 7.01. The van der Waals surface area contributed by atoms with Crippen LogP contribution in [-0.2, 0) is 10.7 Å². The smallest absolute Gasteiger partial charge is 0.379 e. The van der Waals surface area contributed by atoms with E-state index in [0.717, 1.165) is 18.5 Å². The Morgan fingerprint density at radius 3 is 2.87 bits per heavy atom. The molecule has 4 nitrogen and oxygen atoms in total. The van der Waals surface area contributed by atoms with Crippen molar-refractivity contribution in [2.24, 2.45) is 0 Å². The molecule has 0 aliphatic heterocycles. The minimum Gasteiger partial charge on any atom is -0.477 e. The molecule has 2 aromatic rings. The molecule has 0 fully saturated rings. The summed E-state index contributed by atoms with van der Waals surface area (Å²) in [6.07, 6.45) is 1.10. The molecule has 0 amide bonds. The third-order valence-corrected chi connectivity index (χ3v) is 1.96. The lowest BCUT2D eigenvalue weighted by Gasteiger charge is -2.10. The predicted octanol–water partition coefficient (Wildman–Crippen LogP) is 2.00. The molecule has 2 rings (SSSR count). The number of nitrogens with zero attached hydrogens (tertiary/aromatic N) is 1. The van der Waals surface area contributed by atoms with Crippen molar-refractivity contribution in [2.45, 2.75) is 5.92 Å². The third-order valence-electron chi connectivity index (χ3n) is 1.96. The van der Waals surface area contributed by atoms with Crippen molar-refractivity contribution in [2.75, 3.05) is 0 Å². The molecule has 0 atom stereocenters. The van der Waals surface area contributed by atoms with E-state index in [0.29, 0.717) is 5.52 Å². The molecule has 0 aliphatic rings. The number of carboxylic acid groups (broad SMARTS) is 1. The highest BCUT2D eigenvalue weighted by Gasteiger charge is 2.41. The number of aromatic nitrogens is 1. The van der Waals surface area contributed by atoms with Crippen LogP contribution >= 0.6 is 0 Å². The van der Waals surface area contributed by atoms with Gasteiger partial charge in [-0.15, -0.1) is 0 Å². The number of carbonyl (C=O) groups is 1. The van der Waals surface area contributed by atoms with Gasteiger partial charge in [0.25, 0.3) is 0 Å². The number of hydrogen-bond donors (Lipinski definition) is 1. The Hall–Kier alpha value is -1.98. The van der Waals surface area contributed by atoms with E-state index in [2.05, 4.69) is 4.98 Å². The maximum atomic E-state index is 13.1. The van der Waals surface area contributed by atoms with Gasteiger partial charge in [-0.3, -0.25) is 0 Å². The summed E-state index contributed by atoms with van der Waals surface area (Å²) in [4.78, 5) is 14.0. The van der Waals surface area contributed by atoms with Gasteiger partial charge in [0.2, 0.25) is 0 Å². The summed E-state index contributed by atoms with van der Waals surface area (Å²) in [5, 5.41) is 8.32. The van der Waals surface area contributed by atoms with Crippen molar-refractivity contribution in [3.63, 3.8) is 0 Å². The van der Waals surface area contributed by atoms with Crippen LogP contribution in [0.1, 0.15) is 5.56 Å². The standard InChI is InChI=1S/C9H5F2NO3/c10-9(11,8(13)14)5-1-2-6-7(3-5)15-4-12-6/h1-4H,(H,13,14). The number of benzene rings is 1. The van der Waals surface area contributed by atoms with E-state index < -0.39 is 17.5 Å². The van der Waals surface area contributed by atoms with E-state index in [1.165, 1.54) is 6.07 Å². The highest BCUT2D eigenvalue weighted by Crippen LogP contribution is 2.30. The Morgan fingerprint density at radius 1 is 1.47 bits per heavy atom. The second-order valence-electron chi connectivity index (χ2n) is 2.91. The molecule has 0 bridgehead atoms. The molecule has 1 aromatic heterocycles.